The summed E-state index contributed by atoms with van der Waals surface area (Å²) >= 11 is 0. The van der Waals surface area contributed by atoms with Crippen molar-refractivity contribution in [3.8, 4) is 5.75 Å². The Hall–Kier alpha value is -1.90. The zero-order valence-corrected chi connectivity index (χ0v) is 13.7. The van der Waals surface area contributed by atoms with E-state index >= 15 is 0 Å². The molecule has 0 radical (unpaired) electrons. The third kappa shape index (κ3) is 5.66. The molecule has 0 saturated carbocycles. The minimum Gasteiger partial charge on any atom is -0.503 e. The lowest BCUT2D eigenvalue weighted by Gasteiger charge is -2.25. The molecule has 0 aliphatic rings. The van der Waals surface area contributed by atoms with Gasteiger partial charge in [-0.05, 0) is 6.92 Å². The molecule has 0 aromatic carbocycles. The van der Waals surface area contributed by atoms with E-state index in [-0.39, 0.29) is 0 Å². The van der Waals surface area contributed by atoms with Crippen LogP contribution in [0.15, 0.2) is 17.1 Å². The highest BCUT2D eigenvalue weighted by molar-refractivity contribution is 5.71. The lowest BCUT2D eigenvalue weighted by atomic mass is 10.2. The molecule has 1 unspecified atom stereocenters. The maximum atomic E-state index is 11.7. The van der Waals surface area contributed by atoms with E-state index < -0.39 is 23.2 Å². The predicted octanol–water partition coefficient (Wildman–Crippen LogP) is 0.294. The highest BCUT2D eigenvalue weighted by Crippen LogP contribution is 2.15. The molecule has 0 aliphatic heterocycles. The minimum absolute atomic E-state index is 0.347. The highest BCUT2D eigenvalue weighted by atomic mass is 16.5. The van der Waals surface area contributed by atoms with Crippen LogP contribution in [0.4, 0.5) is 0 Å². The number of methoxy groups -OCH3 is 2. The summed E-state index contributed by atoms with van der Waals surface area (Å²) < 4.78 is 11.5. The van der Waals surface area contributed by atoms with Crippen LogP contribution in [0, 0.1) is 0 Å². The second-order valence-corrected chi connectivity index (χ2v) is 5.20. The average molecular weight is 328 g/mol. The SMILES string of the molecule is COCCN(CCOC)Cc1cc(=O)c(O)cn1C(C)C(=O)O. The summed E-state index contributed by atoms with van der Waals surface area (Å²) in [7, 11) is 3.19. The molecule has 0 saturated heterocycles. The first-order valence-corrected chi connectivity index (χ1v) is 7.27. The van der Waals surface area contributed by atoms with Crippen LogP contribution in [0.2, 0.25) is 0 Å². The lowest BCUT2D eigenvalue weighted by molar-refractivity contribution is -0.140. The molecular weight excluding hydrogens is 304 g/mol. The molecule has 130 valence electrons. The van der Waals surface area contributed by atoms with E-state index in [1.54, 1.807) is 14.2 Å². The molecule has 1 aromatic heterocycles. The fraction of sp³-hybridized carbons (Fsp3) is 0.600. The van der Waals surface area contributed by atoms with Crippen LogP contribution in [-0.2, 0) is 20.8 Å². The number of carboxylic acids is 1. The smallest absolute Gasteiger partial charge is 0.326 e. The normalized spacial score (nSPS) is 12.5. The molecule has 0 fully saturated rings. The highest BCUT2D eigenvalue weighted by Gasteiger charge is 2.19. The number of aromatic nitrogens is 1. The molecule has 8 nitrogen and oxygen atoms in total. The molecule has 0 spiro atoms. The molecular formula is C15H24N2O6. The van der Waals surface area contributed by atoms with Gasteiger partial charge in [0.25, 0.3) is 0 Å². The first-order chi connectivity index (χ1) is 10.9. The van der Waals surface area contributed by atoms with Crippen LogP contribution in [0.5, 0.6) is 5.75 Å². The zero-order valence-electron chi connectivity index (χ0n) is 13.7. The maximum Gasteiger partial charge on any atom is 0.326 e. The summed E-state index contributed by atoms with van der Waals surface area (Å²) in [6.45, 7) is 4.05. The molecule has 0 bridgehead atoms. The second-order valence-electron chi connectivity index (χ2n) is 5.20. The predicted molar refractivity (Wildman–Crippen MR) is 83.7 cm³/mol. The first kappa shape index (κ1) is 19.1. The van der Waals surface area contributed by atoms with Crippen LogP contribution in [-0.4, -0.2) is 66.2 Å². The molecule has 1 atom stereocenters. The van der Waals surface area contributed by atoms with E-state index in [2.05, 4.69) is 0 Å². The Morgan fingerprint density at radius 1 is 1.30 bits per heavy atom. The average Bonchev–Trinajstić information content (AvgIpc) is 2.52. The van der Waals surface area contributed by atoms with Crippen molar-refractivity contribution in [2.75, 3.05) is 40.5 Å². The number of ether oxygens (including phenoxy) is 2. The molecule has 0 aliphatic carbocycles. The summed E-state index contributed by atoms with van der Waals surface area (Å²) in [4.78, 5) is 24.9. The van der Waals surface area contributed by atoms with Crippen molar-refractivity contribution in [3.05, 3.63) is 28.2 Å². The van der Waals surface area contributed by atoms with Gasteiger partial charge < -0.3 is 24.3 Å². The van der Waals surface area contributed by atoms with Gasteiger partial charge in [0, 0.05) is 45.6 Å². The van der Waals surface area contributed by atoms with E-state index in [0.717, 1.165) is 0 Å². The monoisotopic (exact) mass is 328 g/mol. The van der Waals surface area contributed by atoms with Crippen LogP contribution in [0.1, 0.15) is 18.7 Å². The van der Waals surface area contributed by atoms with Gasteiger partial charge in [0.2, 0.25) is 5.43 Å². The fourth-order valence-electron chi connectivity index (χ4n) is 2.12. The third-order valence-corrected chi connectivity index (χ3v) is 3.53. The van der Waals surface area contributed by atoms with Crippen LogP contribution < -0.4 is 5.43 Å². The number of hydrogen-bond acceptors (Lipinski definition) is 6. The van der Waals surface area contributed by atoms with Gasteiger partial charge in [0.05, 0.1) is 19.4 Å². The Bertz CT molecular complexity index is 564. The zero-order chi connectivity index (χ0) is 17.4. The van der Waals surface area contributed by atoms with Gasteiger partial charge >= 0.3 is 5.97 Å². The van der Waals surface area contributed by atoms with E-state index in [9.17, 15) is 19.8 Å². The molecule has 23 heavy (non-hydrogen) atoms. The number of pyridine rings is 1. The van der Waals surface area contributed by atoms with Gasteiger partial charge in [-0.2, -0.15) is 0 Å². The van der Waals surface area contributed by atoms with Crippen molar-refractivity contribution >= 4 is 5.97 Å². The summed E-state index contributed by atoms with van der Waals surface area (Å²) in [5, 5.41) is 18.8. The number of hydrogen-bond donors (Lipinski definition) is 2. The second kappa shape index (κ2) is 9.29. The topological polar surface area (TPSA) is 101 Å². The van der Waals surface area contributed by atoms with Gasteiger partial charge in [-0.1, -0.05) is 0 Å². The summed E-state index contributed by atoms with van der Waals surface area (Å²) in [5.41, 5.74) is -0.0258. The summed E-state index contributed by atoms with van der Waals surface area (Å²) in [6, 6.07) is 0.365. The van der Waals surface area contributed by atoms with Crippen LogP contribution in [0.25, 0.3) is 0 Å². The Morgan fingerprint density at radius 2 is 1.87 bits per heavy atom. The largest absolute Gasteiger partial charge is 0.503 e. The summed E-state index contributed by atoms with van der Waals surface area (Å²) in [5.74, 6) is -1.52. The lowest BCUT2D eigenvalue weighted by Crippen LogP contribution is -2.33. The van der Waals surface area contributed by atoms with Gasteiger partial charge in [-0.15, -0.1) is 0 Å². The Labute approximate surface area is 134 Å². The van der Waals surface area contributed by atoms with E-state index in [4.69, 9.17) is 9.47 Å². The summed E-state index contributed by atoms with van der Waals surface area (Å²) in [6.07, 6.45) is 1.17. The van der Waals surface area contributed by atoms with Crippen LogP contribution in [0.3, 0.4) is 0 Å². The number of carbonyl (C=O) groups is 1. The van der Waals surface area contributed by atoms with Crippen molar-refractivity contribution in [2.24, 2.45) is 0 Å². The Balaban J connectivity index is 3.09. The molecule has 1 rings (SSSR count). The van der Waals surface area contributed by atoms with E-state index in [0.29, 0.717) is 38.5 Å². The molecule has 2 N–H and O–H groups in total. The minimum atomic E-state index is -1.05. The number of rotatable bonds is 10. The van der Waals surface area contributed by atoms with E-state index in [1.165, 1.54) is 23.8 Å². The quantitative estimate of drug-likeness (QED) is 0.637. The van der Waals surface area contributed by atoms with Crippen LogP contribution >= 0.6 is 0 Å². The van der Waals surface area contributed by atoms with Gasteiger partial charge in [-0.3, -0.25) is 9.69 Å². The van der Waals surface area contributed by atoms with Gasteiger partial charge in [0.1, 0.15) is 6.04 Å². The molecule has 1 aromatic rings. The van der Waals surface area contributed by atoms with Crippen molar-refractivity contribution in [1.82, 2.24) is 9.47 Å². The van der Waals surface area contributed by atoms with Crippen molar-refractivity contribution in [3.63, 3.8) is 0 Å². The number of carboxylic acid groups (broad SMARTS) is 1. The standard InChI is InChI=1S/C15H24N2O6/c1-11(15(20)21)17-10-14(19)13(18)8-12(17)9-16(4-6-22-2)5-7-23-3/h8,10-11,19H,4-7,9H2,1-3H3,(H,20,21). The number of aliphatic carboxylic acids is 1. The molecule has 8 heteroatoms. The Kier molecular flexibility index (Phi) is 7.73. The molecule has 0 amide bonds. The Morgan fingerprint density at radius 3 is 2.35 bits per heavy atom. The van der Waals surface area contributed by atoms with Crippen molar-refractivity contribution < 1.29 is 24.5 Å². The third-order valence-electron chi connectivity index (χ3n) is 3.53. The van der Waals surface area contributed by atoms with Gasteiger partial charge in [0.15, 0.2) is 5.75 Å². The fourth-order valence-corrected chi connectivity index (χ4v) is 2.12. The van der Waals surface area contributed by atoms with Gasteiger partial charge in [-0.25, -0.2) is 4.79 Å². The number of aromatic hydroxyl groups is 1. The van der Waals surface area contributed by atoms with E-state index in [1.807, 2.05) is 4.90 Å². The first-order valence-electron chi connectivity index (χ1n) is 7.27. The van der Waals surface area contributed by atoms with Crippen molar-refractivity contribution in [1.29, 1.82) is 0 Å². The molecule has 1 heterocycles. The number of nitrogens with zero attached hydrogens (tertiary/aromatic N) is 2. The maximum absolute atomic E-state index is 11.7. The van der Waals surface area contributed by atoms with Crippen molar-refractivity contribution in [2.45, 2.75) is 19.5 Å².